The third kappa shape index (κ3) is 4.38. The Labute approximate surface area is 182 Å². The summed E-state index contributed by atoms with van der Waals surface area (Å²) >= 11 is 0. The van der Waals surface area contributed by atoms with Gasteiger partial charge in [0.2, 0.25) is 5.88 Å². The van der Waals surface area contributed by atoms with E-state index in [2.05, 4.69) is 20.3 Å². The van der Waals surface area contributed by atoms with Crippen molar-refractivity contribution >= 4 is 32.0 Å². The molecular formula is C21H20F3N5O2S. The Kier molecular flexibility index (Phi) is 6.00. The number of nitrogens with zero attached hydrogens (tertiary/aromatic N) is 3. The topological polar surface area (TPSA) is 101 Å². The number of benzene rings is 1. The molecule has 1 unspecified atom stereocenters. The molecule has 1 aliphatic heterocycles. The summed E-state index contributed by atoms with van der Waals surface area (Å²) in [5, 5.41) is 3.54. The molecule has 0 amide bonds. The third-order valence-electron chi connectivity index (χ3n) is 5.20. The van der Waals surface area contributed by atoms with E-state index < -0.39 is 27.5 Å². The van der Waals surface area contributed by atoms with Crippen molar-refractivity contribution in [2.24, 2.45) is 0 Å². The normalized spacial score (nSPS) is 18.6. The van der Waals surface area contributed by atoms with Crippen molar-refractivity contribution in [1.82, 2.24) is 15.0 Å². The molecule has 7 nitrogen and oxygen atoms in total. The van der Waals surface area contributed by atoms with E-state index in [-0.39, 0.29) is 29.5 Å². The van der Waals surface area contributed by atoms with Crippen LogP contribution in [0, 0.1) is 10.6 Å². The van der Waals surface area contributed by atoms with Crippen LogP contribution < -0.4 is 10.1 Å². The molecule has 3 heterocycles. The van der Waals surface area contributed by atoms with Gasteiger partial charge in [-0.2, -0.15) is 0 Å². The van der Waals surface area contributed by atoms with Gasteiger partial charge in [0.05, 0.1) is 29.5 Å². The fraction of sp³-hybridized carbons (Fsp3) is 0.286. The van der Waals surface area contributed by atoms with Crippen LogP contribution in [0.3, 0.4) is 0 Å². The van der Waals surface area contributed by atoms with Gasteiger partial charge in [0.25, 0.3) is 6.43 Å². The number of nitrogens with one attached hydrogen (secondary N) is 2. The fourth-order valence-electron chi connectivity index (χ4n) is 3.49. The lowest BCUT2D eigenvalue weighted by Crippen LogP contribution is -2.14. The lowest BCUT2D eigenvalue weighted by Gasteiger charge is -2.17. The number of methoxy groups -OCH3 is 1. The molecule has 0 saturated carbocycles. The summed E-state index contributed by atoms with van der Waals surface area (Å²) < 4.78 is 65.5. The third-order valence-corrected chi connectivity index (χ3v) is 6.77. The second-order valence-corrected chi connectivity index (χ2v) is 9.64. The van der Waals surface area contributed by atoms with Crippen molar-refractivity contribution in [3.8, 4) is 5.88 Å². The molecule has 1 atom stereocenters. The van der Waals surface area contributed by atoms with Crippen LogP contribution in [0.4, 0.5) is 19.0 Å². The number of pyridine rings is 1. The van der Waals surface area contributed by atoms with E-state index in [9.17, 15) is 17.4 Å². The van der Waals surface area contributed by atoms with Gasteiger partial charge < -0.3 is 10.1 Å². The van der Waals surface area contributed by atoms with Crippen LogP contribution in [-0.2, 0) is 16.3 Å². The van der Waals surface area contributed by atoms with Crippen LogP contribution in [-0.4, -0.2) is 37.8 Å². The zero-order valence-electron chi connectivity index (χ0n) is 17.1. The molecule has 1 aliphatic rings. The molecule has 0 fully saturated rings. The molecule has 0 spiro atoms. The standard InChI is InChI=1S/C21H20F3N5O2S/c1-31-21-18-15(9-16(29-21)12-5-7-32(25,30)8-6-12)20(28-11-27-18)26-10-13-3-2-4-14(17(13)22)19(23)24/h2-5,9,11,19,25H,6-8,10H2,1H3,(H,26,27,28). The summed E-state index contributed by atoms with van der Waals surface area (Å²) in [4.78, 5) is 12.9. The predicted molar refractivity (Wildman–Crippen MR) is 116 cm³/mol. The minimum Gasteiger partial charge on any atom is -0.479 e. The van der Waals surface area contributed by atoms with Gasteiger partial charge in [-0.3, -0.25) is 4.78 Å². The maximum atomic E-state index is 14.4. The first-order chi connectivity index (χ1) is 15.3. The zero-order chi connectivity index (χ0) is 22.9. The highest BCUT2D eigenvalue weighted by Gasteiger charge is 2.20. The van der Waals surface area contributed by atoms with E-state index >= 15 is 0 Å². The zero-order valence-corrected chi connectivity index (χ0v) is 17.9. The molecule has 4 rings (SSSR count). The van der Waals surface area contributed by atoms with Gasteiger partial charge in [0.15, 0.2) is 0 Å². The highest BCUT2D eigenvalue weighted by Crippen LogP contribution is 2.32. The van der Waals surface area contributed by atoms with E-state index in [1.54, 1.807) is 12.1 Å². The Bertz CT molecular complexity index is 1310. The van der Waals surface area contributed by atoms with Gasteiger partial charge in [0, 0.05) is 27.6 Å². The quantitative estimate of drug-likeness (QED) is 0.556. The molecule has 32 heavy (non-hydrogen) atoms. The summed E-state index contributed by atoms with van der Waals surface area (Å²) in [7, 11) is -1.15. The molecule has 0 aliphatic carbocycles. The first kappa shape index (κ1) is 22.0. The minimum atomic E-state index is -2.91. The number of alkyl halides is 2. The molecule has 0 radical (unpaired) electrons. The molecule has 3 aromatic rings. The van der Waals surface area contributed by atoms with Crippen molar-refractivity contribution in [2.75, 3.05) is 23.9 Å². The molecule has 2 N–H and O–H groups in total. The van der Waals surface area contributed by atoms with Gasteiger partial charge in [-0.1, -0.05) is 24.3 Å². The summed E-state index contributed by atoms with van der Waals surface area (Å²) in [6.07, 6.45) is 0.575. The molecule has 168 valence electrons. The van der Waals surface area contributed by atoms with E-state index in [1.807, 2.05) is 0 Å². The number of hydrogen-bond donors (Lipinski definition) is 2. The van der Waals surface area contributed by atoms with E-state index in [0.29, 0.717) is 28.8 Å². The summed E-state index contributed by atoms with van der Waals surface area (Å²) in [5.41, 5.74) is 1.27. The lowest BCUT2D eigenvalue weighted by atomic mass is 10.1. The van der Waals surface area contributed by atoms with Gasteiger partial charge >= 0.3 is 0 Å². The van der Waals surface area contributed by atoms with Crippen LogP contribution >= 0.6 is 0 Å². The van der Waals surface area contributed by atoms with Crippen molar-refractivity contribution < 1.29 is 22.1 Å². The smallest absolute Gasteiger partial charge is 0.266 e. The maximum absolute atomic E-state index is 14.4. The molecular weight excluding hydrogens is 443 g/mol. The molecule has 1 aromatic carbocycles. The maximum Gasteiger partial charge on any atom is 0.266 e. The van der Waals surface area contributed by atoms with Crippen LogP contribution in [0.2, 0.25) is 0 Å². The number of halogens is 3. The largest absolute Gasteiger partial charge is 0.479 e. The molecule has 2 aromatic heterocycles. The van der Waals surface area contributed by atoms with Crippen LogP contribution in [0.15, 0.2) is 36.7 Å². The first-order valence-corrected chi connectivity index (χ1v) is 11.6. The summed E-state index contributed by atoms with van der Waals surface area (Å²) in [6.45, 7) is -0.0674. The number of anilines is 1. The average Bonchev–Trinajstić information content (AvgIpc) is 2.77. The van der Waals surface area contributed by atoms with E-state index in [1.165, 1.54) is 25.6 Å². The second-order valence-electron chi connectivity index (χ2n) is 7.27. The van der Waals surface area contributed by atoms with Gasteiger partial charge in [-0.05, 0) is 18.1 Å². The number of aromatic nitrogens is 3. The predicted octanol–water partition coefficient (Wildman–Crippen LogP) is 4.56. The van der Waals surface area contributed by atoms with E-state index in [0.717, 1.165) is 11.6 Å². The van der Waals surface area contributed by atoms with Gasteiger partial charge in [-0.25, -0.2) is 32.3 Å². The number of ether oxygens (including phenoxy) is 1. The van der Waals surface area contributed by atoms with Crippen molar-refractivity contribution in [2.45, 2.75) is 19.4 Å². The Morgan fingerprint density at radius 1 is 1.31 bits per heavy atom. The summed E-state index contributed by atoms with van der Waals surface area (Å²) in [6, 6.07) is 5.61. The van der Waals surface area contributed by atoms with Gasteiger partial charge in [-0.15, -0.1) is 0 Å². The molecule has 0 saturated heterocycles. The highest BCUT2D eigenvalue weighted by atomic mass is 32.2. The number of hydrogen-bond acceptors (Lipinski definition) is 7. The Morgan fingerprint density at radius 2 is 2.12 bits per heavy atom. The number of allylic oxidation sites excluding steroid dienone is 1. The highest BCUT2D eigenvalue weighted by molar-refractivity contribution is 7.92. The van der Waals surface area contributed by atoms with Gasteiger partial charge in [0.1, 0.15) is 23.5 Å². The molecule has 11 heteroatoms. The van der Waals surface area contributed by atoms with E-state index in [4.69, 9.17) is 9.52 Å². The lowest BCUT2D eigenvalue weighted by molar-refractivity contribution is 0.146. The molecule has 0 bridgehead atoms. The second kappa shape index (κ2) is 8.73. The van der Waals surface area contributed by atoms with Crippen molar-refractivity contribution in [3.05, 3.63) is 59.3 Å². The van der Waals surface area contributed by atoms with Crippen LogP contribution in [0.25, 0.3) is 16.5 Å². The number of fused-ring (bicyclic) bond motifs is 1. The number of rotatable bonds is 6. The monoisotopic (exact) mass is 463 g/mol. The van der Waals surface area contributed by atoms with Crippen molar-refractivity contribution in [1.29, 1.82) is 4.78 Å². The Morgan fingerprint density at radius 3 is 2.81 bits per heavy atom. The van der Waals surface area contributed by atoms with Crippen LogP contribution in [0.5, 0.6) is 5.88 Å². The Hall–Kier alpha value is -3.21. The van der Waals surface area contributed by atoms with Crippen LogP contribution in [0.1, 0.15) is 29.7 Å². The average molecular weight is 463 g/mol. The minimum absolute atomic E-state index is 0.0674. The fourth-order valence-corrected chi connectivity index (χ4v) is 4.68. The summed E-state index contributed by atoms with van der Waals surface area (Å²) in [5.74, 6) is 0.0587. The Balaban J connectivity index is 1.71. The van der Waals surface area contributed by atoms with Crippen molar-refractivity contribution in [3.63, 3.8) is 0 Å². The SMILES string of the molecule is COc1nc(C2=CCS(=N)(=O)CC2)cc2c(NCc3cccc(C(F)F)c3F)ncnc12. The first-order valence-electron chi connectivity index (χ1n) is 9.71.